The molecule has 4 heteroatoms. The summed E-state index contributed by atoms with van der Waals surface area (Å²) in [7, 11) is 0. The lowest BCUT2D eigenvalue weighted by Gasteiger charge is -2.00. The molecule has 0 aromatic rings. The van der Waals surface area contributed by atoms with Crippen LogP contribution in [-0.2, 0) is 9.59 Å². The van der Waals surface area contributed by atoms with Crippen molar-refractivity contribution >= 4 is 11.9 Å². The summed E-state index contributed by atoms with van der Waals surface area (Å²) in [6.45, 7) is 19.5. The Morgan fingerprint density at radius 1 is 0.444 bits per heavy atom. The number of hydrogen-bond acceptors (Lipinski definition) is 2. The number of hydrogen-bond donors (Lipinski definition) is 2. The van der Waals surface area contributed by atoms with Crippen molar-refractivity contribution in [2.45, 2.75) is 170 Å². The maximum Gasteiger partial charge on any atom is 0.303 e. The van der Waals surface area contributed by atoms with Crippen LogP contribution in [0.2, 0.25) is 0 Å². The van der Waals surface area contributed by atoms with E-state index < -0.39 is 11.9 Å². The van der Waals surface area contributed by atoms with E-state index >= 15 is 0 Å². The first kappa shape index (κ1) is 41.5. The molecule has 0 heterocycles. The van der Waals surface area contributed by atoms with Crippen molar-refractivity contribution in [3.8, 4) is 0 Å². The van der Waals surface area contributed by atoms with Gasteiger partial charge in [-0.2, -0.15) is 0 Å². The second-order valence-electron chi connectivity index (χ2n) is 10.4. The van der Waals surface area contributed by atoms with Crippen LogP contribution in [0.25, 0.3) is 0 Å². The van der Waals surface area contributed by atoms with Crippen LogP contribution < -0.4 is 0 Å². The quantitative estimate of drug-likeness (QED) is 0.126. The predicted octanol–water partition coefficient (Wildman–Crippen LogP) is 11.1. The minimum absolute atomic E-state index is 0.343. The summed E-state index contributed by atoms with van der Waals surface area (Å²) in [5.74, 6) is -1.32. The fourth-order valence-corrected chi connectivity index (χ4v) is 3.17. The van der Waals surface area contributed by atoms with Crippen LogP contribution in [0.4, 0.5) is 0 Å². The van der Waals surface area contributed by atoms with Gasteiger partial charge >= 0.3 is 11.9 Å². The molecule has 216 valence electrons. The molecule has 0 bridgehead atoms. The van der Waals surface area contributed by atoms with Crippen LogP contribution in [0.3, 0.4) is 0 Å². The number of carboxylic acids is 2. The molecule has 0 fully saturated rings. The normalized spacial score (nSPS) is 9.50. The van der Waals surface area contributed by atoms with Gasteiger partial charge in [-0.15, -0.1) is 13.2 Å². The molecule has 0 atom stereocenters. The number of carbonyl (C=O) groups is 2. The molecule has 0 radical (unpaired) electrons. The molecule has 0 aliphatic heterocycles. The van der Waals surface area contributed by atoms with Crippen molar-refractivity contribution in [2.75, 3.05) is 0 Å². The largest absolute Gasteiger partial charge is 0.481 e. The highest BCUT2D eigenvalue weighted by Gasteiger charge is 1.97. The number of carboxylic acid groups (broad SMARTS) is 2. The standard InChI is InChI=1S/2C12H24O2.2C4H8/c2*1-2-3-4-5-6-7-8-9-10-11-12(13)14;2*1-4(2)3/h2*2-11H2,1H3,(H,13,14);2*1H2,2-3H3. The molecule has 4 nitrogen and oxygen atoms in total. The van der Waals surface area contributed by atoms with E-state index in [1.807, 2.05) is 27.7 Å². The molecule has 36 heavy (non-hydrogen) atoms. The van der Waals surface area contributed by atoms with E-state index in [9.17, 15) is 9.59 Å². The summed E-state index contributed by atoms with van der Waals surface area (Å²) < 4.78 is 0. The Balaban J connectivity index is -0.000000219. The maximum atomic E-state index is 10.2. The first-order chi connectivity index (χ1) is 17.0. The highest BCUT2D eigenvalue weighted by atomic mass is 16.4. The minimum atomic E-state index is -0.659. The second kappa shape index (κ2) is 38.0. The lowest BCUT2D eigenvalue weighted by molar-refractivity contribution is -0.138. The summed E-state index contributed by atoms with van der Waals surface area (Å²) in [6, 6.07) is 0. The zero-order valence-corrected chi connectivity index (χ0v) is 25.3. The Morgan fingerprint density at radius 2 is 0.611 bits per heavy atom. The van der Waals surface area contributed by atoms with Gasteiger partial charge in [0.25, 0.3) is 0 Å². The van der Waals surface area contributed by atoms with E-state index in [1.54, 1.807) is 0 Å². The Morgan fingerprint density at radius 3 is 0.778 bits per heavy atom. The molecular formula is C32H64O4. The molecule has 0 amide bonds. The Kier molecular flexibility index (Phi) is 43.8. The SMILES string of the molecule is C=C(C)C.C=C(C)C.CCCCCCCCCCCC(=O)O.CCCCCCCCCCCC(=O)O. The van der Waals surface area contributed by atoms with Crippen molar-refractivity contribution in [1.29, 1.82) is 0 Å². The molecular weight excluding hydrogens is 448 g/mol. The van der Waals surface area contributed by atoms with Gasteiger partial charge in [0.2, 0.25) is 0 Å². The first-order valence-electron chi connectivity index (χ1n) is 14.7. The van der Waals surface area contributed by atoms with E-state index in [1.165, 1.54) is 101 Å². The zero-order chi connectivity index (χ0) is 28.5. The van der Waals surface area contributed by atoms with E-state index in [4.69, 9.17) is 10.2 Å². The Hall–Kier alpha value is -1.58. The fourth-order valence-electron chi connectivity index (χ4n) is 3.17. The number of unbranched alkanes of at least 4 members (excludes halogenated alkanes) is 16. The van der Waals surface area contributed by atoms with Gasteiger partial charge in [0, 0.05) is 12.8 Å². The van der Waals surface area contributed by atoms with Crippen LogP contribution in [0.5, 0.6) is 0 Å². The molecule has 0 aliphatic rings. The summed E-state index contributed by atoms with van der Waals surface area (Å²) >= 11 is 0. The van der Waals surface area contributed by atoms with Crippen LogP contribution in [0, 0.1) is 0 Å². The van der Waals surface area contributed by atoms with Crippen LogP contribution in [0.1, 0.15) is 170 Å². The van der Waals surface area contributed by atoms with Crippen LogP contribution in [0.15, 0.2) is 24.3 Å². The van der Waals surface area contributed by atoms with Crippen molar-refractivity contribution in [3.05, 3.63) is 24.3 Å². The molecule has 0 saturated carbocycles. The molecule has 0 spiro atoms. The average molecular weight is 513 g/mol. The van der Waals surface area contributed by atoms with Gasteiger partial charge in [-0.25, -0.2) is 0 Å². The van der Waals surface area contributed by atoms with Gasteiger partial charge in [-0.3, -0.25) is 9.59 Å². The molecule has 0 saturated heterocycles. The van der Waals surface area contributed by atoms with Gasteiger partial charge in [-0.1, -0.05) is 128 Å². The molecule has 2 N–H and O–H groups in total. The third-order valence-electron chi connectivity index (χ3n) is 4.99. The van der Waals surface area contributed by atoms with Gasteiger partial charge in [0.15, 0.2) is 0 Å². The molecule has 0 aromatic carbocycles. The number of rotatable bonds is 20. The zero-order valence-electron chi connectivity index (χ0n) is 25.3. The van der Waals surface area contributed by atoms with Gasteiger partial charge in [0.1, 0.15) is 0 Å². The Labute approximate surface area is 226 Å². The Bertz CT molecular complexity index is 431. The van der Waals surface area contributed by atoms with Crippen LogP contribution >= 0.6 is 0 Å². The number of allylic oxidation sites excluding steroid dienone is 2. The van der Waals surface area contributed by atoms with E-state index in [0.29, 0.717) is 12.8 Å². The topological polar surface area (TPSA) is 74.6 Å². The molecule has 0 aliphatic carbocycles. The first-order valence-corrected chi connectivity index (χ1v) is 14.7. The van der Waals surface area contributed by atoms with E-state index in [-0.39, 0.29) is 0 Å². The average Bonchev–Trinajstić information content (AvgIpc) is 2.76. The molecule has 0 rings (SSSR count). The minimum Gasteiger partial charge on any atom is -0.481 e. The fraction of sp³-hybridized carbons (Fsp3) is 0.812. The predicted molar refractivity (Wildman–Crippen MR) is 160 cm³/mol. The van der Waals surface area contributed by atoms with Crippen molar-refractivity contribution in [2.24, 2.45) is 0 Å². The summed E-state index contributed by atoms with van der Waals surface area (Å²) in [5.41, 5.74) is 2.33. The smallest absolute Gasteiger partial charge is 0.303 e. The maximum absolute atomic E-state index is 10.2. The van der Waals surface area contributed by atoms with Gasteiger partial charge in [-0.05, 0) is 40.5 Å². The highest BCUT2D eigenvalue weighted by molar-refractivity contribution is 5.66. The van der Waals surface area contributed by atoms with Crippen molar-refractivity contribution in [1.82, 2.24) is 0 Å². The molecule has 0 aromatic heterocycles. The lowest BCUT2D eigenvalue weighted by atomic mass is 10.1. The van der Waals surface area contributed by atoms with Gasteiger partial charge in [0.05, 0.1) is 0 Å². The lowest BCUT2D eigenvalue weighted by Crippen LogP contribution is -1.93. The van der Waals surface area contributed by atoms with Crippen LogP contribution in [-0.4, -0.2) is 22.2 Å². The molecule has 0 unspecified atom stereocenters. The van der Waals surface area contributed by atoms with Crippen molar-refractivity contribution in [3.63, 3.8) is 0 Å². The van der Waals surface area contributed by atoms with Gasteiger partial charge < -0.3 is 10.2 Å². The van der Waals surface area contributed by atoms with E-state index in [0.717, 1.165) is 25.7 Å². The van der Waals surface area contributed by atoms with E-state index in [2.05, 4.69) is 27.0 Å². The third-order valence-corrected chi connectivity index (χ3v) is 4.99. The summed E-state index contributed by atoms with van der Waals surface area (Å²) in [6.07, 6.45) is 23.0. The number of aliphatic carboxylic acids is 2. The third kappa shape index (κ3) is 76.8. The summed E-state index contributed by atoms with van der Waals surface area (Å²) in [4.78, 5) is 20.4. The summed E-state index contributed by atoms with van der Waals surface area (Å²) in [5, 5.41) is 16.8. The second-order valence-corrected chi connectivity index (χ2v) is 10.4. The van der Waals surface area contributed by atoms with Crippen molar-refractivity contribution < 1.29 is 19.8 Å². The monoisotopic (exact) mass is 512 g/mol. The highest BCUT2D eigenvalue weighted by Crippen LogP contribution is 2.11.